The molecule has 5 nitrogen and oxygen atoms in total. The number of rotatable bonds is 3. The van der Waals surface area contributed by atoms with Crippen LogP contribution in [-0.2, 0) is 6.42 Å². The summed E-state index contributed by atoms with van der Waals surface area (Å²) in [4.78, 5) is 8.35. The molecule has 0 bridgehead atoms. The van der Waals surface area contributed by atoms with E-state index in [4.69, 9.17) is 10.3 Å². The SMILES string of the molecule is Nc1cc(-c2nc(Cc3ccncc3)no2)ccc1Br. The molecule has 0 aliphatic rings. The van der Waals surface area contributed by atoms with Crippen LogP contribution in [-0.4, -0.2) is 15.1 Å². The Morgan fingerprint density at radius 2 is 1.95 bits per heavy atom. The molecule has 0 amide bonds. The molecule has 2 aromatic heterocycles. The number of anilines is 1. The molecule has 0 fully saturated rings. The fourth-order valence-corrected chi connectivity index (χ4v) is 2.05. The van der Waals surface area contributed by atoms with Gasteiger partial charge in [-0.2, -0.15) is 4.98 Å². The standard InChI is InChI=1S/C14H11BrN4O/c15-11-2-1-10(8-12(11)16)14-18-13(19-20-14)7-9-3-5-17-6-4-9/h1-6,8H,7,16H2. The lowest BCUT2D eigenvalue weighted by Gasteiger charge is -1.99. The Kier molecular flexibility index (Phi) is 3.47. The van der Waals surface area contributed by atoms with E-state index in [1.165, 1.54) is 0 Å². The third-order valence-corrected chi connectivity index (χ3v) is 3.54. The summed E-state index contributed by atoms with van der Waals surface area (Å²) >= 11 is 3.35. The van der Waals surface area contributed by atoms with Gasteiger partial charge in [-0.1, -0.05) is 5.16 Å². The van der Waals surface area contributed by atoms with Crippen LogP contribution in [0, 0.1) is 0 Å². The number of hydrogen-bond acceptors (Lipinski definition) is 5. The van der Waals surface area contributed by atoms with Crippen molar-refractivity contribution in [2.75, 3.05) is 5.73 Å². The van der Waals surface area contributed by atoms with Crippen LogP contribution in [0.3, 0.4) is 0 Å². The Morgan fingerprint density at radius 1 is 1.15 bits per heavy atom. The Morgan fingerprint density at radius 3 is 2.70 bits per heavy atom. The number of aromatic nitrogens is 3. The highest BCUT2D eigenvalue weighted by molar-refractivity contribution is 9.10. The fraction of sp³-hybridized carbons (Fsp3) is 0.0714. The van der Waals surface area contributed by atoms with Crippen LogP contribution in [0.15, 0.2) is 51.7 Å². The first-order chi connectivity index (χ1) is 9.72. The number of nitrogens with zero attached hydrogens (tertiary/aromatic N) is 3. The quantitative estimate of drug-likeness (QED) is 0.746. The first kappa shape index (κ1) is 12.8. The molecule has 0 aliphatic carbocycles. The zero-order chi connectivity index (χ0) is 13.9. The summed E-state index contributed by atoms with van der Waals surface area (Å²) < 4.78 is 6.12. The minimum absolute atomic E-state index is 0.466. The molecule has 0 aliphatic heterocycles. The molecule has 3 aromatic rings. The third-order valence-electron chi connectivity index (χ3n) is 2.82. The second kappa shape index (κ2) is 5.42. The fourth-order valence-electron chi connectivity index (χ4n) is 1.80. The average molecular weight is 331 g/mol. The highest BCUT2D eigenvalue weighted by Gasteiger charge is 2.10. The van der Waals surface area contributed by atoms with E-state index in [1.54, 1.807) is 18.5 Å². The molecule has 100 valence electrons. The molecule has 0 radical (unpaired) electrons. The number of benzene rings is 1. The van der Waals surface area contributed by atoms with Gasteiger partial charge in [0, 0.05) is 34.5 Å². The van der Waals surface area contributed by atoms with Crippen LogP contribution in [0.2, 0.25) is 0 Å². The normalized spacial score (nSPS) is 10.7. The first-order valence-electron chi connectivity index (χ1n) is 5.99. The van der Waals surface area contributed by atoms with Gasteiger partial charge in [0.1, 0.15) is 0 Å². The van der Waals surface area contributed by atoms with Crippen molar-refractivity contribution in [1.29, 1.82) is 0 Å². The molecule has 6 heteroatoms. The van der Waals surface area contributed by atoms with Crippen molar-refractivity contribution in [3.05, 3.63) is 58.6 Å². The summed E-state index contributed by atoms with van der Waals surface area (Å²) in [5.74, 6) is 1.10. The third kappa shape index (κ3) is 2.70. The van der Waals surface area contributed by atoms with E-state index in [0.29, 0.717) is 23.8 Å². The topological polar surface area (TPSA) is 77.8 Å². The molecule has 0 unspecified atom stereocenters. The van der Waals surface area contributed by atoms with Crippen molar-refractivity contribution in [3.8, 4) is 11.5 Å². The van der Waals surface area contributed by atoms with Crippen LogP contribution < -0.4 is 5.73 Å². The van der Waals surface area contributed by atoms with E-state index in [-0.39, 0.29) is 0 Å². The minimum Gasteiger partial charge on any atom is -0.398 e. The highest BCUT2D eigenvalue weighted by Crippen LogP contribution is 2.26. The van der Waals surface area contributed by atoms with E-state index < -0.39 is 0 Å². The maximum absolute atomic E-state index is 5.84. The minimum atomic E-state index is 0.466. The zero-order valence-corrected chi connectivity index (χ0v) is 12.0. The predicted molar refractivity (Wildman–Crippen MR) is 78.9 cm³/mol. The highest BCUT2D eigenvalue weighted by atomic mass is 79.9. The van der Waals surface area contributed by atoms with E-state index in [1.807, 2.05) is 24.3 Å². The van der Waals surface area contributed by atoms with Crippen LogP contribution in [0.25, 0.3) is 11.5 Å². The smallest absolute Gasteiger partial charge is 0.258 e. The van der Waals surface area contributed by atoms with Crippen LogP contribution in [0.1, 0.15) is 11.4 Å². The van der Waals surface area contributed by atoms with Gasteiger partial charge >= 0.3 is 0 Å². The predicted octanol–water partition coefficient (Wildman–Crippen LogP) is 3.07. The Bertz CT molecular complexity index is 727. The summed E-state index contributed by atoms with van der Waals surface area (Å²) in [5.41, 5.74) is 8.37. The van der Waals surface area contributed by atoms with Gasteiger partial charge in [0.2, 0.25) is 0 Å². The van der Waals surface area contributed by atoms with Crippen molar-refractivity contribution in [3.63, 3.8) is 0 Å². The Hall–Kier alpha value is -2.21. The van der Waals surface area contributed by atoms with Crippen molar-refractivity contribution in [2.45, 2.75) is 6.42 Å². The maximum Gasteiger partial charge on any atom is 0.258 e. The summed E-state index contributed by atoms with van der Waals surface area (Å²) in [6, 6.07) is 9.39. The monoisotopic (exact) mass is 330 g/mol. The van der Waals surface area contributed by atoms with Gasteiger partial charge in [-0.05, 0) is 51.8 Å². The van der Waals surface area contributed by atoms with Crippen molar-refractivity contribution >= 4 is 21.6 Å². The molecule has 0 saturated carbocycles. The van der Waals surface area contributed by atoms with Gasteiger partial charge in [-0.3, -0.25) is 4.98 Å². The van der Waals surface area contributed by atoms with E-state index in [0.717, 1.165) is 15.6 Å². The summed E-state index contributed by atoms with van der Waals surface area (Å²) in [7, 11) is 0. The number of nitrogens with two attached hydrogens (primary N) is 1. The summed E-state index contributed by atoms with van der Waals surface area (Å²) in [6.07, 6.45) is 4.09. The van der Waals surface area contributed by atoms with E-state index in [2.05, 4.69) is 31.1 Å². The van der Waals surface area contributed by atoms with Gasteiger partial charge < -0.3 is 10.3 Å². The lowest BCUT2D eigenvalue weighted by Crippen LogP contribution is -1.91. The number of hydrogen-bond donors (Lipinski definition) is 1. The molecule has 20 heavy (non-hydrogen) atoms. The molecule has 2 heterocycles. The molecule has 0 saturated heterocycles. The number of pyridine rings is 1. The molecular formula is C14H11BrN4O. The second-order valence-electron chi connectivity index (χ2n) is 4.28. The molecule has 3 rings (SSSR count). The lowest BCUT2D eigenvalue weighted by atomic mass is 10.2. The average Bonchev–Trinajstić information content (AvgIpc) is 2.91. The molecule has 1 aromatic carbocycles. The Balaban J connectivity index is 1.84. The largest absolute Gasteiger partial charge is 0.398 e. The summed E-state index contributed by atoms with van der Waals surface area (Å²) in [6.45, 7) is 0. The summed E-state index contributed by atoms with van der Waals surface area (Å²) in [5, 5.41) is 3.98. The van der Waals surface area contributed by atoms with Gasteiger partial charge in [0.05, 0.1) is 0 Å². The number of halogens is 1. The molecule has 0 spiro atoms. The first-order valence-corrected chi connectivity index (χ1v) is 6.78. The van der Waals surface area contributed by atoms with Crippen LogP contribution >= 0.6 is 15.9 Å². The van der Waals surface area contributed by atoms with E-state index in [9.17, 15) is 0 Å². The van der Waals surface area contributed by atoms with Gasteiger partial charge in [0.15, 0.2) is 5.82 Å². The molecule has 2 N–H and O–H groups in total. The van der Waals surface area contributed by atoms with Gasteiger partial charge in [0.25, 0.3) is 5.89 Å². The second-order valence-corrected chi connectivity index (χ2v) is 5.14. The number of nitrogen functional groups attached to an aromatic ring is 1. The van der Waals surface area contributed by atoms with Crippen molar-refractivity contribution < 1.29 is 4.52 Å². The van der Waals surface area contributed by atoms with E-state index >= 15 is 0 Å². The maximum atomic E-state index is 5.84. The molecular weight excluding hydrogens is 320 g/mol. The van der Waals surface area contributed by atoms with Gasteiger partial charge in [-0.25, -0.2) is 0 Å². The van der Waals surface area contributed by atoms with Crippen molar-refractivity contribution in [1.82, 2.24) is 15.1 Å². The lowest BCUT2D eigenvalue weighted by molar-refractivity contribution is 0.424. The van der Waals surface area contributed by atoms with Crippen LogP contribution in [0.4, 0.5) is 5.69 Å². The van der Waals surface area contributed by atoms with Crippen molar-refractivity contribution in [2.24, 2.45) is 0 Å². The molecule has 0 atom stereocenters. The van der Waals surface area contributed by atoms with Gasteiger partial charge in [-0.15, -0.1) is 0 Å². The Labute approximate surface area is 124 Å². The zero-order valence-electron chi connectivity index (χ0n) is 10.5. The van der Waals surface area contributed by atoms with Crippen LogP contribution in [0.5, 0.6) is 0 Å².